The molecule has 0 saturated heterocycles. The highest BCUT2D eigenvalue weighted by molar-refractivity contribution is 7.92. The Labute approximate surface area is 225 Å². The van der Waals surface area contributed by atoms with E-state index in [-0.39, 0.29) is 44.6 Å². The zero-order chi connectivity index (χ0) is 26.0. The predicted octanol–water partition coefficient (Wildman–Crippen LogP) is 5.82. The second-order valence-electron chi connectivity index (χ2n) is 8.72. The molecule has 3 aromatic rings. The SMILES string of the molecule is C[C@@H](O)CC[C@@H]1Cc2ccc(NC(=O)c3c(Cl)cccc3Cl)nc2N(S(=O)(=O)c2cccc(Cl)c2)C1. The molecule has 0 radical (unpaired) electrons. The third-order valence-electron chi connectivity index (χ3n) is 5.93. The van der Waals surface area contributed by atoms with Crippen LogP contribution in [0.3, 0.4) is 0 Å². The van der Waals surface area contributed by atoms with Gasteiger partial charge >= 0.3 is 0 Å². The Morgan fingerprint density at radius 3 is 2.50 bits per heavy atom. The van der Waals surface area contributed by atoms with Gasteiger partial charge in [-0.2, -0.15) is 0 Å². The molecule has 2 N–H and O–H groups in total. The third kappa shape index (κ3) is 5.79. The Balaban J connectivity index is 1.71. The van der Waals surface area contributed by atoms with E-state index in [1.807, 2.05) is 0 Å². The van der Waals surface area contributed by atoms with Gasteiger partial charge in [0.2, 0.25) is 0 Å². The number of nitrogens with one attached hydrogen (secondary N) is 1. The van der Waals surface area contributed by atoms with Crippen LogP contribution in [0, 0.1) is 5.92 Å². The van der Waals surface area contributed by atoms with E-state index in [4.69, 9.17) is 34.8 Å². The second-order valence-corrected chi connectivity index (χ2v) is 11.8. The number of aromatic nitrogens is 1. The minimum absolute atomic E-state index is 0.0229. The van der Waals surface area contributed by atoms with Crippen LogP contribution in [0.1, 0.15) is 35.7 Å². The van der Waals surface area contributed by atoms with Crippen molar-refractivity contribution in [1.82, 2.24) is 4.98 Å². The first-order chi connectivity index (χ1) is 17.1. The minimum atomic E-state index is -4.01. The standard InChI is InChI=1S/C25H24Cl3N3O4S/c1-15(32)8-9-16-12-17-10-11-22(30-25(33)23-20(27)6-3-7-21(23)28)29-24(17)31(14-16)36(34,35)19-5-2-4-18(26)13-19/h2-7,10-11,13,15-16,32H,8-9,12,14H2,1H3,(H,29,30,33)/t15-,16-/m1/s1. The third-order valence-corrected chi connectivity index (χ3v) is 8.55. The number of halogens is 3. The first-order valence-corrected chi connectivity index (χ1v) is 13.9. The number of fused-ring (bicyclic) bond motifs is 1. The first kappa shape index (κ1) is 26.7. The number of hydrogen-bond acceptors (Lipinski definition) is 5. The molecule has 0 aliphatic carbocycles. The average Bonchev–Trinajstić information content (AvgIpc) is 2.82. The Bertz CT molecular complexity index is 1380. The molecule has 1 aromatic heterocycles. The van der Waals surface area contributed by atoms with Crippen molar-refractivity contribution in [3.05, 3.63) is 80.8 Å². The summed E-state index contributed by atoms with van der Waals surface area (Å²) < 4.78 is 28.6. The zero-order valence-electron chi connectivity index (χ0n) is 19.3. The van der Waals surface area contributed by atoms with Gasteiger partial charge in [0, 0.05) is 11.6 Å². The van der Waals surface area contributed by atoms with Gasteiger partial charge in [-0.05, 0) is 74.1 Å². The number of amides is 1. The molecule has 0 bridgehead atoms. The van der Waals surface area contributed by atoms with Crippen molar-refractivity contribution in [2.45, 2.75) is 37.2 Å². The van der Waals surface area contributed by atoms with Crippen molar-refractivity contribution in [3.63, 3.8) is 0 Å². The van der Waals surface area contributed by atoms with Crippen LogP contribution in [-0.4, -0.2) is 37.1 Å². The number of hydrogen-bond donors (Lipinski definition) is 2. The molecule has 0 fully saturated rings. The quantitative estimate of drug-likeness (QED) is 0.374. The van der Waals surface area contributed by atoms with E-state index in [1.54, 1.807) is 49.4 Å². The van der Waals surface area contributed by atoms with Crippen LogP contribution in [0.2, 0.25) is 15.1 Å². The lowest BCUT2D eigenvalue weighted by atomic mass is 9.91. The zero-order valence-corrected chi connectivity index (χ0v) is 22.4. The number of carbonyl (C=O) groups excluding carboxylic acids is 1. The van der Waals surface area contributed by atoms with Crippen LogP contribution in [-0.2, 0) is 16.4 Å². The van der Waals surface area contributed by atoms with Crippen molar-refractivity contribution in [1.29, 1.82) is 0 Å². The number of aliphatic hydroxyl groups is 1. The molecule has 0 saturated carbocycles. The summed E-state index contributed by atoms with van der Waals surface area (Å²) in [7, 11) is -4.01. The molecule has 2 atom stereocenters. The normalized spacial score (nSPS) is 16.4. The van der Waals surface area contributed by atoms with Crippen molar-refractivity contribution in [2.24, 2.45) is 5.92 Å². The van der Waals surface area contributed by atoms with Crippen LogP contribution in [0.15, 0.2) is 59.5 Å². The average molecular weight is 569 g/mol. The molecule has 190 valence electrons. The van der Waals surface area contributed by atoms with Gasteiger partial charge in [-0.15, -0.1) is 0 Å². The monoisotopic (exact) mass is 567 g/mol. The van der Waals surface area contributed by atoms with E-state index < -0.39 is 22.0 Å². The van der Waals surface area contributed by atoms with Gasteiger partial charge in [0.1, 0.15) is 11.6 Å². The molecule has 1 amide bonds. The molecular formula is C25H24Cl3N3O4S. The van der Waals surface area contributed by atoms with Crippen LogP contribution in [0.25, 0.3) is 0 Å². The second kappa shape index (κ2) is 10.9. The first-order valence-electron chi connectivity index (χ1n) is 11.3. The minimum Gasteiger partial charge on any atom is -0.393 e. The molecule has 0 unspecified atom stereocenters. The Kier molecular flexibility index (Phi) is 8.12. The molecule has 1 aliphatic heterocycles. The predicted molar refractivity (Wildman–Crippen MR) is 143 cm³/mol. The molecule has 11 heteroatoms. The number of pyridine rings is 1. The summed E-state index contributed by atoms with van der Waals surface area (Å²) >= 11 is 18.4. The van der Waals surface area contributed by atoms with Gasteiger partial charge in [0.05, 0.1) is 26.6 Å². The molecule has 2 heterocycles. The number of sulfonamides is 1. The van der Waals surface area contributed by atoms with E-state index in [1.165, 1.54) is 16.4 Å². The topological polar surface area (TPSA) is 99.6 Å². The number of rotatable bonds is 7. The molecule has 7 nitrogen and oxygen atoms in total. The highest BCUT2D eigenvalue weighted by atomic mass is 35.5. The smallest absolute Gasteiger partial charge is 0.265 e. The van der Waals surface area contributed by atoms with Gasteiger partial charge in [-0.25, -0.2) is 17.7 Å². The summed E-state index contributed by atoms with van der Waals surface area (Å²) in [5.41, 5.74) is 0.818. The fraction of sp³-hybridized carbons (Fsp3) is 0.280. The van der Waals surface area contributed by atoms with Crippen molar-refractivity contribution < 1.29 is 18.3 Å². The van der Waals surface area contributed by atoms with E-state index >= 15 is 0 Å². The van der Waals surface area contributed by atoms with Gasteiger partial charge in [-0.1, -0.05) is 53.0 Å². The summed E-state index contributed by atoms with van der Waals surface area (Å²) in [5, 5.41) is 13.1. The number of anilines is 2. The molecule has 0 spiro atoms. The van der Waals surface area contributed by atoms with E-state index in [0.29, 0.717) is 24.3 Å². The highest BCUT2D eigenvalue weighted by Crippen LogP contribution is 2.36. The Morgan fingerprint density at radius 1 is 1.14 bits per heavy atom. The molecule has 36 heavy (non-hydrogen) atoms. The van der Waals surface area contributed by atoms with Crippen LogP contribution in [0.5, 0.6) is 0 Å². The molecule has 1 aliphatic rings. The molecule has 4 rings (SSSR count). The van der Waals surface area contributed by atoms with Crippen LogP contribution >= 0.6 is 34.8 Å². The summed E-state index contributed by atoms with van der Waals surface area (Å²) in [6.45, 7) is 1.88. The molecule has 2 aromatic carbocycles. The largest absolute Gasteiger partial charge is 0.393 e. The van der Waals surface area contributed by atoms with Gasteiger partial charge < -0.3 is 10.4 Å². The van der Waals surface area contributed by atoms with E-state index in [2.05, 4.69) is 10.3 Å². The van der Waals surface area contributed by atoms with Crippen LogP contribution in [0.4, 0.5) is 11.6 Å². The van der Waals surface area contributed by atoms with E-state index in [0.717, 1.165) is 5.56 Å². The Morgan fingerprint density at radius 2 is 1.83 bits per heavy atom. The summed E-state index contributed by atoms with van der Waals surface area (Å²) in [6.07, 6.45) is 1.28. The van der Waals surface area contributed by atoms with Crippen molar-refractivity contribution >= 4 is 62.4 Å². The number of nitrogens with zero attached hydrogens (tertiary/aromatic N) is 2. The lowest BCUT2D eigenvalue weighted by Gasteiger charge is -2.34. The maximum absolute atomic E-state index is 13.7. The fourth-order valence-electron chi connectivity index (χ4n) is 4.15. The van der Waals surface area contributed by atoms with Crippen molar-refractivity contribution in [3.8, 4) is 0 Å². The highest BCUT2D eigenvalue weighted by Gasteiger charge is 2.35. The van der Waals surface area contributed by atoms with Gasteiger partial charge in [0.15, 0.2) is 0 Å². The lowest BCUT2D eigenvalue weighted by molar-refractivity contribution is 0.102. The fourth-order valence-corrected chi connectivity index (χ4v) is 6.55. The van der Waals surface area contributed by atoms with Gasteiger partial charge in [0.25, 0.3) is 15.9 Å². The maximum Gasteiger partial charge on any atom is 0.265 e. The van der Waals surface area contributed by atoms with Gasteiger partial charge in [-0.3, -0.25) is 4.79 Å². The van der Waals surface area contributed by atoms with Crippen LogP contribution < -0.4 is 9.62 Å². The maximum atomic E-state index is 13.7. The Hall–Kier alpha value is -2.36. The van der Waals surface area contributed by atoms with Crippen molar-refractivity contribution in [2.75, 3.05) is 16.2 Å². The van der Waals surface area contributed by atoms with E-state index in [9.17, 15) is 18.3 Å². The summed E-state index contributed by atoms with van der Waals surface area (Å²) in [4.78, 5) is 17.4. The summed E-state index contributed by atoms with van der Waals surface area (Å²) in [5.74, 6) is -0.201. The lowest BCUT2D eigenvalue weighted by Crippen LogP contribution is -2.41. The number of aliphatic hydroxyl groups excluding tert-OH is 1. The molecular weight excluding hydrogens is 545 g/mol. The number of benzene rings is 2. The summed E-state index contributed by atoms with van der Waals surface area (Å²) in [6, 6.07) is 14.1. The number of carbonyl (C=O) groups is 1.